The number of fused-ring (bicyclic) bond motifs is 2. The number of amides is 1. The van der Waals surface area contributed by atoms with Gasteiger partial charge in [0.2, 0.25) is 0 Å². The van der Waals surface area contributed by atoms with E-state index >= 15 is 0 Å². The molecule has 1 amide bonds. The lowest BCUT2D eigenvalue weighted by Crippen LogP contribution is -2.54. The molecular formula is C27H26FN3O5. The number of benzene rings is 3. The molecule has 0 aromatic heterocycles. The van der Waals surface area contributed by atoms with Gasteiger partial charge in [-0.05, 0) is 55.3 Å². The standard InChI is InChI=1S/C27H26FN3O5/c1-3-35-23-14-18(11-12-22(23)36-15-17-7-6-8-19(28)13-17)24-16(2)30-27(25(24)31(33)34)20-9-4-5-10-21(20)29-26(27)32/h4-14,16,24-25,30H,3,15H2,1-2H3,(H,29,32)/t16-,24-,25-,27+/m0/s1. The zero-order chi connectivity index (χ0) is 25.4. The fraction of sp³-hybridized carbons (Fsp3) is 0.296. The Kier molecular flexibility index (Phi) is 6.09. The maximum Gasteiger partial charge on any atom is 0.256 e. The molecule has 0 saturated carbocycles. The Labute approximate surface area is 207 Å². The van der Waals surface area contributed by atoms with Crippen molar-refractivity contribution in [3.05, 3.63) is 99.4 Å². The minimum absolute atomic E-state index is 0.135. The van der Waals surface area contributed by atoms with E-state index in [9.17, 15) is 19.3 Å². The summed E-state index contributed by atoms with van der Waals surface area (Å²) >= 11 is 0. The lowest BCUT2D eigenvalue weighted by atomic mass is 9.78. The summed E-state index contributed by atoms with van der Waals surface area (Å²) in [4.78, 5) is 25.4. The number of nitro groups is 1. The van der Waals surface area contributed by atoms with E-state index in [1.54, 1.807) is 54.6 Å². The van der Waals surface area contributed by atoms with Crippen LogP contribution in [0.5, 0.6) is 11.5 Å². The van der Waals surface area contributed by atoms with Crippen LogP contribution in [0, 0.1) is 15.9 Å². The molecule has 9 heteroatoms. The molecule has 4 atom stereocenters. The van der Waals surface area contributed by atoms with Crippen molar-refractivity contribution < 1.29 is 23.6 Å². The molecule has 5 rings (SSSR count). The van der Waals surface area contributed by atoms with Crippen molar-refractivity contribution in [2.24, 2.45) is 0 Å². The molecule has 2 N–H and O–H groups in total. The zero-order valence-corrected chi connectivity index (χ0v) is 19.9. The predicted molar refractivity (Wildman–Crippen MR) is 131 cm³/mol. The number of hydrogen-bond acceptors (Lipinski definition) is 6. The topological polar surface area (TPSA) is 103 Å². The van der Waals surface area contributed by atoms with Gasteiger partial charge in [0.15, 0.2) is 17.0 Å². The fourth-order valence-corrected chi connectivity index (χ4v) is 5.46. The van der Waals surface area contributed by atoms with Crippen LogP contribution in [-0.4, -0.2) is 29.5 Å². The molecule has 1 spiro atoms. The Balaban J connectivity index is 1.50. The van der Waals surface area contributed by atoms with Gasteiger partial charge in [-0.3, -0.25) is 20.2 Å². The molecule has 2 aliphatic rings. The second-order valence-corrected chi connectivity index (χ2v) is 9.05. The Hall–Kier alpha value is -3.98. The summed E-state index contributed by atoms with van der Waals surface area (Å²) in [5.74, 6) is -0.526. The second-order valence-electron chi connectivity index (χ2n) is 9.05. The molecule has 186 valence electrons. The highest BCUT2D eigenvalue weighted by atomic mass is 19.1. The van der Waals surface area contributed by atoms with Crippen LogP contribution in [0.4, 0.5) is 10.1 Å². The van der Waals surface area contributed by atoms with E-state index in [4.69, 9.17) is 9.47 Å². The number of carbonyl (C=O) groups excluding carboxylic acids is 1. The van der Waals surface area contributed by atoms with Crippen LogP contribution in [0.25, 0.3) is 0 Å². The SMILES string of the molecule is CCOc1cc([C@@H]2[C@H](C)N[C@@]3(C(=O)Nc4ccccc43)[C@H]2[N+](=O)[O-])ccc1OCc1cccc(F)c1. The number of ether oxygens (including phenoxy) is 2. The minimum Gasteiger partial charge on any atom is -0.490 e. The van der Waals surface area contributed by atoms with Crippen molar-refractivity contribution in [3.8, 4) is 11.5 Å². The molecule has 2 aliphatic heterocycles. The number of halogens is 1. The third kappa shape index (κ3) is 3.85. The molecule has 8 nitrogen and oxygen atoms in total. The number of anilines is 1. The first-order chi connectivity index (χ1) is 17.3. The molecule has 0 aliphatic carbocycles. The Morgan fingerprint density at radius 2 is 1.86 bits per heavy atom. The molecule has 0 radical (unpaired) electrons. The molecule has 2 heterocycles. The van der Waals surface area contributed by atoms with E-state index in [2.05, 4.69) is 10.6 Å². The van der Waals surface area contributed by atoms with Crippen molar-refractivity contribution in [3.63, 3.8) is 0 Å². The number of rotatable bonds is 7. The van der Waals surface area contributed by atoms with E-state index in [1.807, 2.05) is 13.8 Å². The van der Waals surface area contributed by atoms with Crippen molar-refractivity contribution in [1.29, 1.82) is 0 Å². The average molecular weight is 492 g/mol. The monoisotopic (exact) mass is 491 g/mol. The Morgan fingerprint density at radius 1 is 1.06 bits per heavy atom. The average Bonchev–Trinajstić information content (AvgIpc) is 3.32. The van der Waals surface area contributed by atoms with Crippen molar-refractivity contribution in [1.82, 2.24) is 5.32 Å². The second kappa shape index (κ2) is 9.23. The maximum absolute atomic E-state index is 13.5. The van der Waals surface area contributed by atoms with Gasteiger partial charge in [-0.2, -0.15) is 0 Å². The summed E-state index contributed by atoms with van der Waals surface area (Å²) in [5.41, 5.74) is 0.989. The molecular weight excluding hydrogens is 465 g/mol. The first-order valence-corrected chi connectivity index (χ1v) is 11.8. The Bertz CT molecular complexity index is 1330. The highest BCUT2D eigenvalue weighted by Crippen LogP contribution is 2.50. The first-order valence-electron chi connectivity index (χ1n) is 11.8. The third-order valence-corrected chi connectivity index (χ3v) is 6.90. The summed E-state index contributed by atoms with van der Waals surface area (Å²) in [7, 11) is 0. The summed E-state index contributed by atoms with van der Waals surface area (Å²) in [6.45, 7) is 4.17. The number of para-hydroxylation sites is 1. The molecule has 1 saturated heterocycles. The summed E-state index contributed by atoms with van der Waals surface area (Å²) in [6, 6.07) is 16.8. The molecule has 36 heavy (non-hydrogen) atoms. The zero-order valence-electron chi connectivity index (χ0n) is 19.9. The summed E-state index contributed by atoms with van der Waals surface area (Å²) in [6.07, 6.45) is 0. The van der Waals surface area contributed by atoms with Gasteiger partial charge in [0.05, 0.1) is 12.5 Å². The van der Waals surface area contributed by atoms with E-state index in [-0.39, 0.29) is 23.4 Å². The van der Waals surface area contributed by atoms with Gasteiger partial charge in [-0.25, -0.2) is 4.39 Å². The highest BCUT2D eigenvalue weighted by Gasteiger charge is 2.67. The van der Waals surface area contributed by atoms with Crippen LogP contribution in [0.3, 0.4) is 0 Å². The van der Waals surface area contributed by atoms with Crippen LogP contribution in [-0.2, 0) is 16.9 Å². The lowest BCUT2D eigenvalue weighted by Gasteiger charge is -2.25. The summed E-state index contributed by atoms with van der Waals surface area (Å²) in [5, 5.41) is 18.6. The smallest absolute Gasteiger partial charge is 0.256 e. The molecule has 3 aromatic carbocycles. The predicted octanol–water partition coefficient (Wildman–Crippen LogP) is 4.37. The van der Waals surface area contributed by atoms with Crippen LogP contribution in [0.2, 0.25) is 0 Å². The summed E-state index contributed by atoms with van der Waals surface area (Å²) < 4.78 is 25.2. The van der Waals surface area contributed by atoms with Gasteiger partial charge in [0.25, 0.3) is 11.9 Å². The van der Waals surface area contributed by atoms with Crippen molar-refractivity contribution in [2.45, 2.75) is 44.0 Å². The highest BCUT2D eigenvalue weighted by molar-refractivity contribution is 6.07. The van der Waals surface area contributed by atoms with Crippen LogP contribution in [0.15, 0.2) is 66.7 Å². The van der Waals surface area contributed by atoms with E-state index in [0.717, 1.165) is 0 Å². The van der Waals surface area contributed by atoms with Gasteiger partial charge in [-0.15, -0.1) is 0 Å². The quantitative estimate of drug-likeness (QED) is 0.376. The lowest BCUT2D eigenvalue weighted by molar-refractivity contribution is -0.532. The van der Waals surface area contributed by atoms with Crippen molar-refractivity contribution in [2.75, 3.05) is 11.9 Å². The van der Waals surface area contributed by atoms with Crippen LogP contribution >= 0.6 is 0 Å². The van der Waals surface area contributed by atoms with Gasteiger partial charge in [0.1, 0.15) is 12.4 Å². The molecule has 1 fully saturated rings. The third-order valence-electron chi connectivity index (χ3n) is 6.90. The van der Waals surface area contributed by atoms with Crippen molar-refractivity contribution >= 4 is 11.6 Å². The van der Waals surface area contributed by atoms with Gasteiger partial charge < -0.3 is 14.8 Å². The largest absolute Gasteiger partial charge is 0.490 e. The van der Waals surface area contributed by atoms with Gasteiger partial charge in [-0.1, -0.05) is 36.4 Å². The minimum atomic E-state index is -1.48. The van der Waals surface area contributed by atoms with Crippen LogP contribution < -0.4 is 20.1 Å². The molecule has 0 unspecified atom stereocenters. The first kappa shape index (κ1) is 23.7. The fourth-order valence-electron chi connectivity index (χ4n) is 5.46. The van der Waals surface area contributed by atoms with E-state index in [1.165, 1.54) is 12.1 Å². The molecule has 3 aromatic rings. The van der Waals surface area contributed by atoms with Gasteiger partial charge >= 0.3 is 0 Å². The van der Waals surface area contributed by atoms with E-state index < -0.39 is 23.4 Å². The maximum atomic E-state index is 13.5. The number of nitrogens with zero attached hydrogens (tertiary/aromatic N) is 1. The number of hydrogen-bond donors (Lipinski definition) is 2. The normalized spacial score (nSPS) is 24.4. The number of nitrogens with one attached hydrogen (secondary N) is 2. The number of carbonyl (C=O) groups is 1. The van der Waals surface area contributed by atoms with E-state index in [0.29, 0.717) is 40.5 Å². The van der Waals surface area contributed by atoms with Gasteiger partial charge in [0, 0.05) is 22.2 Å². The Morgan fingerprint density at radius 3 is 2.61 bits per heavy atom. The van der Waals surface area contributed by atoms with Crippen LogP contribution in [0.1, 0.15) is 36.5 Å². The molecule has 0 bridgehead atoms.